The Morgan fingerprint density at radius 3 is 2.70 bits per heavy atom. The Hall–Kier alpha value is -1.92. The number of hydrogen-bond donors (Lipinski definition) is 1. The number of likely N-dealkylation sites (tertiary alicyclic amines) is 1. The van der Waals surface area contributed by atoms with E-state index in [0.717, 1.165) is 36.1 Å². The van der Waals surface area contributed by atoms with Gasteiger partial charge in [0.2, 0.25) is 11.8 Å². The SMILES string of the molecule is Cc1cccc(N2CC(C(=O)N3CCC(OCCCN)CC3)CC2=O)c1C. The Kier molecular flexibility index (Phi) is 6.50. The minimum absolute atomic E-state index is 0.0436. The van der Waals surface area contributed by atoms with Gasteiger partial charge >= 0.3 is 0 Å². The van der Waals surface area contributed by atoms with Crippen molar-refractivity contribution in [1.82, 2.24) is 4.90 Å². The number of anilines is 1. The molecule has 0 spiro atoms. The first-order valence-corrected chi connectivity index (χ1v) is 9.98. The lowest BCUT2D eigenvalue weighted by molar-refractivity contribution is -0.138. The predicted molar refractivity (Wildman–Crippen MR) is 106 cm³/mol. The third-order valence-corrected chi connectivity index (χ3v) is 5.80. The Labute approximate surface area is 161 Å². The van der Waals surface area contributed by atoms with Gasteiger partial charge in [-0.1, -0.05) is 12.1 Å². The zero-order chi connectivity index (χ0) is 19.4. The highest BCUT2D eigenvalue weighted by Gasteiger charge is 2.38. The van der Waals surface area contributed by atoms with Crippen molar-refractivity contribution in [2.45, 2.75) is 45.6 Å². The summed E-state index contributed by atoms with van der Waals surface area (Å²) >= 11 is 0. The van der Waals surface area contributed by atoms with E-state index in [1.165, 1.54) is 0 Å². The highest BCUT2D eigenvalue weighted by atomic mass is 16.5. The maximum Gasteiger partial charge on any atom is 0.228 e. The molecule has 1 unspecified atom stereocenters. The average Bonchev–Trinajstić information content (AvgIpc) is 3.06. The largest absolute Gasteiger partial charge is 0.378 e. The van der Waals surface area contributed by atoms with Gasteiger partial charge in [-0.3, -0.25) is 9.59 Å². The van der Waals surface area contributed by atoms with Crippen LogP contribution in [0.5, 0.6) is 0 Å². The molecule has 148 valence electrons. The van der Waals surface area contributed by atoms with Gasteiger partial charge in [-0.2, -0.15) is 0 Å². The average molecular weight is 373 g/mol. The molecule has 1 atom stereocenters. The van der Waals surface area contributed by atoms with Gasteiger partial charge in [-0.15, -0.1) is 0 Å². The molecule has 3 rings (SSSR count). The molecule has 2 saturated heterocycles. The van der Waals surface area contributed by atoms with Crippen LogP contribution in [0.3, 0.4) is 0 Å². The number of nitrogens with zero attached hydrogens (tertiary/aromatic N) is 2. The van der Waals surface area contributed by atoms with Crippen LogP contribution >= 0.6 is 0 Å². The lowest BCUT2D eigenvalue weighted by Gasteiger charge is -2.33. The zero-order valence-corrected chi connectivity index (χ0v) is 16.4. The maximum atomic E-state index is 12.9. The number of nitrogens with two attached hydrogens (primary N) is 1. The fourth-order valence-corrected chi connectivity index (χ4v) is 3.97. The summed E-state index contributed by atoms with van der Waals surface area (Å²) in [5.41, 5.74) is 8.69. The molecule has 0 aromatic heterocycles. The zero-order valence-electron chi connectivity index (χ0n) is 16.4. The molecule has 2 heterocycles. The first-order valence-electron chi connectivity index (χ1n) is 9.98. The summed E-state index contributed by atoms with van der Waals surface area (Å²) in [5.74, 6) is -0.0919. The van der Waals surface area contributed by atoms with E-state index in [-0.39, 0.29) is 23.8 Å². The van der Waals surface area contributed by atoms with Crippen LogP contribution in [0, 0.1) is 19.8 Å². The topological polar surface area (TPSA) is 75.9 Å². The van der Waals surface area contributed by atoms with Crippen LogP contribution < -0.4 is 10.6 Å². The van der Waals surface area contributed by atoms with E-state index in [0.29, 0.717) is 39.2 Å². The van der Waals surface area contributed by atoms with E-state index >= 15 is 0 Å². The molecule has 2 aliphatic rings. The van der Waals surface area contributed by atoms with Gasteiger partial charge < -0.3 is 20.3 Å². The second kappa shape index (κ2) is 8.85. The van der Waals surface area contributed by atoms with Crippen LogP contribution in [0.4, 0.5) is 5.69 Å². The summed E-state index contributed by atoms with van der Waals surface area (Å²) in [7, 11) is 0. The van der Waals surface area contributed by atoms with E-state index in [1.807, 2.05) is 36.9 Å². The van der Waals surface area contributed by atoms with Crippen LogP contribution in [0.1, 0.15) is 36.8 Å². The first-order chi connectivity index (χ1) is 13.0. The third-order valence-electron chi connectivity index (χ3n) is 5.80. The number of carbonyl (C=O) groups excluding carboxylic acids is 2. The van der Waals surface area contributed by atoms with Crippen LogP contribution in [-0.4, -0.2) is 55.6 Å². The highest BCUT2D eigenvalue weighted by molar-refractivity contribution is 6.00. The van der Waals surface area contributed by atoms with E-state index < -0.39 is 0 Å². The smallest absolute Gasteiger partial charge is 0.228 e. The molecule has 27 heavy (non-hydrogen) atoms. The Morgan fingerprint density at radius 1 is 1.26 bits per heavy atom. The Balaban J connectivity index is 1.56. The number of aryl methyl sites for hydroxylation is 1. The van der Waals surface area contributed by atoms with Gasteiger partial charge in [0, 0.05) is 38.3 Å². The molecule has 2 fully saturated rings. The van der Waals surface area contributed by atoms with Crippen LogP contribution in [0.2, 0.25) is 0 Å². The molecule has 6 nitrogen and oxygen atoms in total. The lowest BCUT2D eigenvalue weighted by Crippen LogP contribution is -2.44. The van der Waals surface area contributed by atoms with Crippen molar-refractivity contribution in [2.75, 3.05) is 37.7 Å². The minimum Gasteiger partial charge on any atom is -0.378 e. The predicted octanol–water partition coefficient (Wildman–Crippen LogP) is 2.01. The van der Waals surface area contributed by atoms with E-state index in [9.17, 15) is 9.59 Å². The summed E-state index contributed by atoms with van der Waals surface area (Å²) < 4.78 is 5.81. The standard InChI is InChI=1S/C21H31N3O3/c1-15-5-3-6-19(16(15)2)24-14-17(13-20(24)25)21(26)23-10-7-18(8-11-23)27-12-4-9-22/h3,5-6,17-18H,4,7-14,22H2,1-2H3. The molecular weight excluding hydrogens is 342 g/mol. The summed E-state index contributed by atoms with van der Waals surface area (Å²) in [4.78, 5) is 29.2. The van der Waals surface area contributed by atoms with Gasteiger partial charge in [-0.25, -0.2) is 0 Å². The molecule has 1 aromatic carbocycles. The van der Waals surface area contributed by atoms with Crippen molar-refractivity contribution < 1.29 is 14.3 Å². The molecule has 0 bridgehead atoms. The fourth-order valence-electron chi connectivity index (χ4n) is 3.97. The van der Waals surface area contributed by atoms with Crippen molar-refractivity contribution in [3.63, 3.8) is 0 Å². The Morgan fingerprint density at radius 2 is 2.00 bits per heavy atom. The van der Waals surface area contributed by atoms with Crippen LogP contribution in [0.15, 0.2) is 18.2 Å². The lowest BCUT2D eigenvalue weighted by atomic mass is 10.0. The van der Waals surface area contributed by atoms with Crippen molar-refractivity contribution in [2.24, 2.45) is 11.7 Å². The van der Waals surface area contributed by atoms with E-state index in [4.69, 9.17) is 10.5 Å². The molecule has 2 aliphatic heterocycles. The van der Waals surface area contributed by atoms with Crippen molar-refractivity contribution in [3.05, 3.63) is 29.3 Å². The van der Waals surface area contributed by atoms with Crippen molar-refractivity contribution >= 4 is 17.5 Å². The summed E-state index contributed by atoms with van der Waals surface area (Å²) in [6.45, 7) is 7.31. The molecule has 6 heteroatoms. The van der Waals surface area contributed by atoms with Crippen LogP contribution in [0.25, 0.3) is 0 Å². The van der Waals surface area contributed by atoms with Gasteiger partial charge in [0.05, 0.1) is 12.0 Å². The van der Waals surface area contributed by atoms with Gasteiger partial charge in [0.1, 0.15) is 0 Å². The number of hydrogen-bond acceptors (Lipinski definition) is 4. The highest BCUT2D eigenvalue weighted by Crippen LogP contribution is 2.30. The second-order valence-corrected chi connectivity index (χ2v) is 7.66. The number of ether oxygens (including phenoxy) is 1. The summed E-state index contributed by atoms with van der Waals surface area (Å²) in [6, 6.07) is 5.98. The molecule has 0 aliphatic carbocycles. The molecular formula is C21H31N3O3. The van der Waals surface area contributed by atoms with E-state index in [2.05, 4.69) is 0 Å². The maximum absolute atomic E-state index is 12.9. The number of rotatable bonds is 6. The fraction of sp³-hybridized carbons (Fsp3) is 0.619. The van der Waals surface area contributed by atoms with Crippen molar-refractivity contribution in [3.8, 4) is 0 Å². The second-order valence-electron chi connectivity index (χ2n) is 7.66. The molecule has 2 amide bonds. The van der Waals surface area contributed by atoms with E-state index in [1.54, 1.807) is 4.90 Å². The summed E-state index contributed by atoms with van der Waals surface area (Å²) in [6.07, 6.45) is 3.11. The number of amides is 2. The molecule has 2 N–H and O–H groups in total. The molecule has 1 aromatic rings. The third kappa shape index (κ3) is 4.50. The Bertz CT molecular complexity index is 683. The van der Waals surface area contributed by atoms with Gasteiger partial charge in [0.25, 0.3) is 0 Å². The number of piperidine rings is 1. The number of benzene rings is 1. The summed E-state index contributed by atoms with van der Waals surface area (Å²) in [5, 5.41) is 0. The van der Waals surface area contributed by atoms with Gasteiger partial charge in [-0.05, 0) is 56.8 Å². The molecule has 0 radical (unpaired) electrons. The quantitative estimate of drug-likeness (QED) is 0.774. The van der Waals surface area contributed by atoms with Crippen molar-refractivity contribution in [1.29, 1.82) is 0 Å². The monoisotopic (exact) mass is 373 g/mol. The van der Waals surface area contributed by atoms with Crippen LogP contribution in [-0.2, 0) is 14.3 Å². The normalized spacial score (nSPS) is 21.1. The first kappa shape index (κ1) is 19.8. The number of carbonyl (C=O) groups is 2. The minimum atomic E-state index is -0.243. The molecule has 0 saturated carbocycles. The van der Waals surface area contributed by atoms with Gasteiger partial charge in [0.15, 0.2) is 0 Å².